The van der Waals surface area contributed by atoms with Gasteiger partial charge in [0.15, 0.2) is 0 Å². The Kier molecular flexibility index (Phi) is 66.0. The van der Waals surface area contributed by atoms with Gasteiger partial charge < -0.3 is 0 Å². The summed E-state index contributed by atoms with van der Waals surface area (Å²) in [7, 11) is 0. The van der Waals surface area contributed by atoms with Crippen LogP contribution < -0.4 is 0 Å². The first-order chi connectivity index (χ1) is 1.41. The van der Waals surface area contributed by atoms with Gasteiger partial charge in [-0.2, -0.15) is 0 Å². The number of rotatable bonds is 0. The molecule has 0 aromatic heterocycles. The fraction of sp³-hybridized carbons (Fsp3) is 0.333. The summed E-state index contributed by atoms with van der Waals surface area (Å²) in [5.41, 5.74) is 0. The van der Waals surface area contributed by atoms with Crippen molar-refractivity contribution in [3.8, 4) is 0 Å². The van der Waals surface area contributed by atoms with E-state index in [-0.39, 0.29) is 40.1 Å². The molecule has 0 unspecified atom stereocenters. The van der Waals surface area contributed by atoms with E-state index in [1.165, 1.54) is 0 Å². The van der Waals surface area contributed by atoms with Gasteiger partial charge in [-0.05, 0) is 6.92 Å². The van der Waals surface area contributed by atoms with E-state index in [0.29, 0.717) is 0 Å². The molecule has 0 atom stereocenters. The standard InChI is InChI=1S/C3H6.Cu.Mg.2H/c1-3-2;;;;/h3H,1H2,2H3;;;;. The Hall–Kier alpha value is 1.03. The topological polar surface area (TPSA) is 0 Å². The van der Waals surface area contributed by atoms with Crippen LogP contribution in [0.15, 0.2) is 12.7 Å². The van der Waals surface area contributed by atoms with E-state index in [4.69, 9.17) is 0 Å². The SMILES string of the molecule is C=CC.[Cu].[MgH2]. The van der Waals surface area contributed by atoms with Crippen LogP contribution in [-0.4, -0.2) is 23.1 Å². The van der Waals surface area contributed by atoms with Gasteiger partial charge in [-0.1, -0.05) is 6.08 Å². The van der Waals surface area contributed by atoms with Gasteiger partial charge in [0, 0.05) is 17.1 Å². The van der Waals surface area contributed by atoms with Crippen molar-refractivity contribution in [2.45, 2.75) is 6.92 Å². The van der Waals surface area contributed by atoms with Crippen molar-refractivity contribution in [1.82, 2.24) is 0 Å². The molecular formula is C3H8CuMg. The zero-order chi connectivity index (χ0) is 2.71. The molecule has 0 saturated carbocycles. The molecule has 5 heavy (non-hydrogen) atoms. The molecule has 0 heterocycles. The molecule has 0 aromatic rings. The van der Waals surface area contributed by atoms with Gasteiger partial charge in [0.25, 0.3) is 0 Å². The molecule has 0 N–H and O–H groups in total. The van der Waals surface area contributed by atoms with E-state index in [2.05, 4.69) is 6.58 Å². The van der Waals surface area contributed by atoms with Crippen LogP contribution in [0.2, 0.25) is 0 Å². The molecule has 1 radical (unpaired) electrons. The molecule has 0 fully saturated rings. The predicted molar refractivity (Wildman–Crippen MR) is 24.4 cm³/mol. The number of hydrogen-bond donors (Lipinski definition) is 0. The molecule has 0 nitrogen and oxygen atoms in total. The number of hydrogen-bond acceptors (Lipinski definition) is 0. The van der Waals surface area contributed by atoms with Crippen LogP contribution in [0.25, 0.3) is 0 Å². The van der Waals surface area contributed by atoms with Crippen molar-refractivity contribution in [3.05, 3.63) is 12.7 Å². The Balaban J connectivity index is -0.0000000200. The average Bonchev–Trinajstić information content (AvgIpc) is 0.918. The Morgan fingerprint density at radius 3 is 1.60 bits per heavy atom. The summed E-state index contributed by atoms with van der Waals surface area (Å²) in [6, 6.07) is 0. The summed E-state index contributed by atoms with van der Waals surface area (Å²) in [4.78, 5) is 0. The van der Waals surface area contributed by atoms with Crippen molar-refractivity contribution in [3.63, 3.8) is 0 Å². The first-order valence-electron chi connectivity index (χ1n) is 0.986. The van der Waals surface area contributed by atoms with Crippen molar-refractivity contribution in [2.24, 2.45) is 0 Å². The fourth-order valence-corrected chi connectivity index (χ4v) is 0. The molecule has 0 amide bonds. The van der Waals surface area contributed by atoms with Gasteiger partial charge in [0.2, 0.25) is 0 Å². The van der Waals surface area contributed by atoms with E-state index in [9.17, 15) is 0 Å². The molecule has 0 aliphatic rings. The molecule has 0 aliphatic carbocycles. The van der Waals surface area contributed by atoms with Gasteiger partial charge in [-0.25, -0.2) is 0 Å². The molecule has 0 aliphatic heterocycles. The molecular weight excluding hydrogens is 124 g/mol. The largest absolute Gasteiger partial charge is 0.316 e. The normalized spacial score (nSPS) is 2.60. The maximum atomic E-state index is 3.36. The van der Waals surface area contributed by atoms with Crippen LogP contribution >= 0.6 is 0 Å². The summed E-state index contributed by atoms with van der Waals surface area (Å²) in [5.74, 6) is 0. The molecule has 0 bridgehead atoms. The van der Waals surface area contributed by atoms with Crippen LogP contribution in [-0.2, 0) is 17.1 Å². The second-order valence-corrected chi connectivity index (χ2v) is 0.408. The van der Waals surface area contributed by atoms with E-state index in [0.717, 1.165) is 0 Å². The minimum atomic E-state index is 0. The van der Waals surface area contributed by atoms with Gasteiger partial charge in [-0.15, -0.1) is 6.58 Å². The van der Waals surface area contributed by atoms with Crippen molar-refractivity contribution < 1.29 is 17.1 Å². The first-order valence-corrected chi connectivity index (χ1v) is 0.986. The van der Waals surface area contributed by atoms with Crippen LogP contribution in [0.1, 0.15) is 6.92 Å². The second kappa shape index (κ2) is 19.8. The van der Waals surface area contributed by atoms with Crippen molar-refractivity contribution in [2.75, 3.05) is 0 Å². The van der Waals surface area contributed by atoms with Gasteiger partial charge in [0.05, 0.1) is 0 Å². The third kappa shape index (κ3) is 43.7. The maximum Gasteiger partial charge on any atom is 0.316 e. The smallest absolute Gasteiger partial charge is 0.103 e. The van der Waals surface area contributed by atoms with E-state index >= 15 is 0 Å². The zero-order valence-corrected chi connectivity index (χ0v) is 3.53. The van der Waals surface area contributed by atoms with Gasteiger partial charge in [-0.3, -0.25) is 0 Å². The maximum absolute atomic E-state index is 3.36. The summed E-state index contributed by atoms with van der Waals surface area (Å²) in [6.45, 7) is 5.25. The third-order valence-corrected chi connectivity index (χ3v) is 0. The molecule has 0 saturated heterocycles. The van der Waals surface area contributed by atoms with Gasteiger partial charge in [0.1, 0.15) is 0 Å². The van der Waals surface area contributed by atoms with Crippen LogP contribution in [0, 0.1) is 0 Å². The quantitative estimate of drug-likeness (QED) is 0.328. The van der Waals surface area contributed by atoms with Crippen LogP contribution in [0.5, 0.6) is 0 Å². The minimum absolute atomic E-state index is 0. The van der Waals surface area contributed by atoms with Crippen molar-refractivity contribution >= 4 is 23.1 Å². The summed E-state index contributed by atoms with van der Waals surface area (Å²) >= 11 is 0. The summed E-state index contributed by atoms with van der Waals surface area (Å²) in [6.07, 6.45) is 1.75. The minimum Gasteiger partial charge on any atom is -0.103 e. The van der Waals surface area contributed by atoms with E-state index in [1.807, 2.05) is 6.92 Å². The first kappa shape index (κ1) is 16.6. The molecule has 33 valence electrons. The average molecular weight is 132 g/mol. The molecule has 0 spiro atoms. The van der Waals surface area contributed by atoms with E-state index < -0.39 is 0 Å². The molecule has 0 aromatic carbocycles. The Labute approximate surface area is 59.6 Å². The van der Waals surface area contributed by atoms with Crippen LogP contribution in [0.4, 0.5) is 0 Å². The second-order valence-electron chi connectivity index (χ2n) is 0.408. The fourth-order valence-electron chi connectivity index (χ4n) is 0. The Morgan fingerprint density at radius 1 is 1.60 bits per heavy atom. The summed E-state index contributed by atoms with van der Waals surface area (Å²) in [5, 5.41) is 0. The predicted octanol–water partition coefficient (Wildman–Crippen LogP) is 0.274. The number of allylic oxidation sites excluding steroid dienone is 1. The molecule has 2 heteroatoms. The zero-order valence-electron chi connectivity index (χ0n) is 2.59. The Morgan fingerprint density at radius 2 is 1.60 bits per heavy atom. The summed E-state index contributed by atoms with van der Waals surface area (Å²) < 4.78 is 0. The van der Waals surface area contributed by atoms with E-state index in [1.54, 1.807) is 6.08 Å². The van der Waals surface area contributed by atoms with Crippen molar-refractivity contribution in [1.29, 1.82) is 0 Å². The third-order valence-electron chi connectivity index (χ3n) is 0. The monoisotopic (exact) mass is 131 g/mol. The van der Waals surface area contributed by atoms with Gasteiger partial charge >= 0.3 is 23.1 Å². The molecule has 0 rings (SSSR count). The Bertz CT molecular complexity index is 14.4. The van der Waals surface area contributed by atoms with Crippen LogP contribution in [0.3, 0.4) is 0 Å².